The molecule has 0 aliphatic carbocycles. The molecule has 0 aliphatic heterocycles. The zero-order valence-electron chi connectivity index (χ0n) is 9.84. The zero-order chi connectivity index (χ0) is 13.0. The number of rotatable bonds is 4. The molecule has 2 aromatic rings. The molecule has 0 fully saturated rings. The summed E-state index contributed by atoms with van der Waals surface area (Å²) in [6, 6.07) is 6.56. The van der Waals surface area contributed by atoms with E-state index in [1.54, 1.807) is 31.3 Å². The molecule has 5 heteroatoms. The summed E-state index contributed by atoms with van der Waals surface area (Å²) in [6.07, 6.45) is 3.02. The van der Waals surface area contributed by atoms with Crippen molar-refractivity contribution in [1.82, 2.24) is 9.97 Å². The Morgan fingerprint density at radius 2 is 2.22 bits per heavy atom. The minimum Gasteiger partial charge on any atom is -0.461 e. The second-order valence-corrected chi connectivity index (χ2v) is 3.57. The predicted molar refractivity (Wildman–Crippen MR) is 64.4 cm³/mol. The molecule has 2 aromatic heterocycles. The van der Waals surface area contributed by atoms with E-state index < -0.39 is 5.97 Å². The lowest BCUT2D eigenvalue weighted by molar-refractivity contribution is 0.0520. The summed E-state index contributed by atoms with van der Waals surface area (Å²) in [5.41, 5.74) is 0.986. The Morgan fingerprint density at radius 3 is 2.89 bits per heavy atom. The van der Waals surface area contributed by atoms with Crippen LogP contribution in [0.3, 0.4) is 0 Å². The second-order valence-electron chi connectivity index (χ2n) is 3.57. The van der Waals surface area contributed by atoms with Crippen molar-refractivity contribution in [2.45, 2.75) is 6.92 Å². The van der Waals surface area contributed by atoms with Crippen LogP contribution >= 0.6 is 0 Å². The van der Waals surface area contributed by atoms with Crippen LogP contribution in [0.2, 0.25) is 0 Å². The van der Waals surface area contributed by atoms with E-state index in [4.69, 9.17) is 4.74 Å². The van der Waals surface area contributed by atoms with E-state index in [2.05, 4.69) is 9.97 Å². The SMILES string of the molecule is CCOC(=O)c1cc(C(=O)c2ccccn2)c[nH]1. The Balaban J connectivity index is 2.20. The molecule has 0 saturated heterocycles. The van der Waals surface area contributed by atoms with Crippen LogP contribution in [0.25, 0.3) is 0 Å². The topological polar surface area (TPSA) is 72.1 Å². The number of nitrogens with one attached hydrogen (secondary N) is 1. The number of carbonyl (C=O) groups is 2. The van der Waals surface area contributed by atoms with Gasteiger partial charge in [-0.25, -0.2) is 4.79 Å². The second kappa shape index (κ2) is 5.27. The first kappa shape index (κ1) is 12.0. The maximum Gasteiger partial charge on any atom is 0.354 e. The van der Waals surface area contributed by atoms with Crippen LogP contribution in [0.15, 0.2) is 36.7 Å². The molecule has 1 N–H and O–H groups in total. The lowest BCUT2D eigenvalue weighted by atomic mass is 10.1. The Labute approximate surface area is 104 Å². The average Bonchev–Trinajstić information content (AvgIpc) is 2.89. The number of ether oxygens (including phenoxy) is 1. The van der Waals surface area contributed by atoms with Crippen LogP contribution in [-0.2, 0) is 4.74 Å². The van der Waals surface area contributed by atoms with E-state index >= 15 is 0 Å². The highest BCUT2D eigenvalue weighted by molar-refractivity contribution is 6.08. The molecule has 5 nitrogen and oxygen atoms in total. The number of aromatic amines is 1. The highest BCUT2D eigenvalue weighted by Crippen LogP contribution is 2.10. The largest absolute Gasteiger partial charge is 0.461 e. The van der Waals surface area contributed by atoms with E-state index in [0.717, 1.165) is 0 Å². The number of esters is 1. The molecule has 18 heavy (non-hydrogen) atoms. The summed E-state index contributed by atoms with van der Waals surface area (Å²) < 4.78 is 4.83. The van der Waals surface area contributed by atoms with Gasteiger partial charge >= 0.3 is 5.97 Å². The first-order valence-corrected chi connectivity index (χ1v) is 5.53. The Kier molecular flexibility index (Phi) is 3.52. The zero-order valence-corrected chi connectivity index (χ0v) is 9.84. The third-order valence-electron chi connectivity index (χ3n) is 2.34. The molecule has 92 valence electrons. The summed E-state index contributed by atoms with van der Waals surface area (Å²) in [4.78, 5) is 30.1. The van der Waals surface area contributed by atoms with Crippen molar-refractivity contribution >= 4 is 11.8 Å². The van der Waals surface area contributed by atoms with Gasteiger partial charge in [-0.05, 0) is 25.1 Å². The summed E-state index contributed by atoms with van der Waals surface area (Å²) in [7, 11) is 0. The smallest absolute Gasteiger partial charge is 0.354 e. The van der Waals surface area contributed by atoms with E-state index in [0.29, 0.717) is 17.9 Å². The third kappa shape index (κ3) is 2.45. The molecule has 0 bridgehead atoms. The van der Waals surface area contributed by atoms with E-state index in [9.17, 15) is 9.59 Å². The van der Waals surface area contributed by atoms with Gasteiger partial charge < -0.3 is 9.72 Å². The molecule has 0 saturated carbocycles. The van der Waals surface area contributed by atoms with Crippen LogP contribution < -0.4 is 0 Å². The van der Waals surface area contributed by atoms with Crippen molar-refractivity contribution < 1.29 is 14.3 Å². The van der Waals surface area contributed by atoms with Crippen LogP contribution in [0.4, 0.5) is 0 Å². The van der Waals surface area contributed by atoms with E-state index in [1.165, 1.54) is 12.3 Å². The monoisotopic (exact) mass is 244 g/mol. The summed E-state index contributed by atoms with van der Waals surface area (Å²) in [5.74, 6) is -0.708. The van der Waals surface area contributed by atoms with Crippen molar-refractivity contribution in [1.29, 1.82) is 0 Å². The van der Waals surface area contributed by atoms with E-state index in [-0.39, 0.29) is 11.5 Å². The van der Waals surface area contributed by atoms with Crippen molar-refractivity contribution in [3.8, 4) is 0 Å². The quantitative estimate of drug-likeness (QED) is 0.657. The number of carbonyl (C=O) groups excluding carboxylic acids is 2. The fraction of sp³-hybridized carbons (Fsp3) is 0.154. The first-order valence-electron chi connectivity index (χ1n) is 5.53. The average molecular weight is 244 g/mol. The molecule has 0 spiro atoms. The number of pyridine rings is 1. The van der Waals surface area contributed by atoms with Gasteiger partial charge in [0.1, 0.15) is 11.4 Å². The van der Waals surface area contributed by atoms with E-state index in [1.807, 2.05) is 0 Å². The maximum atomic E-state index is 12.0. The Morgan fingerprint density at radius 1 is 1.39 bits per heavy atom. The van der Waals surface area contributed by atoms with Gasteiger partial charge in [-0.3, -0.25) is 9.78 Å². The summed E-state index contributed by atoms with van der Waals surface area (Å²) >= 11 is 0. The number of nitrogens with zero attached hydrogens (tertiary/aromatic N) is 1. The summed E-state index contributed by atoms with van der Waals surface area (Å²) in [6.45, 7) is 2.02. The van der Waals surface area contributed by atoms with Crippen molar-refractivity contribution in [2.24, 2.45) is 0 Å². The fourth-order valence-electron chi connectivity index (χ4n) is 1.50. The number of aromatic nitrogens is 2. The van der Waals surface area contributed by atoms with Gasteiger partial charge in [-0.2, -0.15) is 0 Å². The molecule has 0 radical (unpaired) electrons. The van der Waals surface area contributed by atoms with Gasteiger partial charge in [-0.1, -0.05) is 6.07 Å². The minimum atomic E-state index is -0.474. The first-order chi connectivity index (χ1) is 8.72. The molecule has 2 heterocycles. The number of hydrogen-bond donors (Lipinski definition) is 1. The summed E-state index contributed by atoms with van der Waals surface area (Å²) in [5, 5.41) is 0. The molecule has 2 rings (SSSR count). The Hall–Kier alpha value is -2.43. The van der Waals surface area contributed by atoms with Crippen molar-refractivity contribution in [3.63, 3.8) is 0 Å². The minimum absolute atomic E-state index is 0.234. The van der Waals surface area contributed by atoms with Crippen LogP contribution in [-0.4, -0.2) is 28.3 Å². The molecule has 0 aliphatic rings. The third-order valence-corrected chi connectivity index (χ3v) is 2.34. The van der Waals surface area contributed by atoms with Crippen LogP contribution in [0.5, 0.6) is 0 Å². The highest BCUT2D eigenvalue weighted by Gasteiger charge is 2.15. The molecule has 0 unspecified atom stereocenters. The molecule has 0 aromatic carbocycles. The number of H-pyrrole nitrogens is 1. The van der Waals surface area contributed by atoms with Crippen molar-refractivity contribution in [3.05, 3.63) is 53.6 Å². The van der Waals surface area contributed by atoms with Crippen molar-refractivity contribution in [2.75, 3.05) is 6.61 Å². The maximum absolute atomic E-state index is 12.0. The number of ketones is 1. The van der Waals surface area contributed by atoms with Crippen LogP contribution in [0.1, 0.15) is 33.5 Å². The van der Waals surface area contributed by atoms with Gasteiger partial charge in [0.25, 0.3) is 0 Å². The Bertz CT molecular complexity index is 561. The molecular weight excluding hydrogens is 232 g/mol. The molecular formula is C13H12N2O3. The van der Waals surface area contributed by atoms with Gasteiger partial charge in [0.05, 0.1) is 6.61 Å². The van der Waals surface area contributed by atoms with Gasteiger partial charge in [0, 0.05) is 18.0 Å². The van der Waals surface area contributed by atoms with Gasteiger partial charge in [0.2, 0.25) is 5.78 Å². The normalized spacial score (nSPS) is 10.1. The molecule has 0 amide bonds. The number of hydrogen-bond acceptors (Lipinski definition) is 4. The van der Waals surface area contributed by atoms with Gasteiger partial charge in [0.15, 0.2) is 0 Å². The standard InChI is InChI=1S/C13H12N2O3/c1-2-18-13(17)11-7-9(8-15-11)12(16)10-5-3-4-6-14-10/h3-8,15H,2H2,1H3. The van der Waals surface area contributed by atoms with Gasteiger partial charge in [-0.15, -0.1) is 0 Å². The molecule has 0 atom stereocenters. The van der Waals surface area contributed by atoms with Crippen LogP contribution in [0, 0.1) is 0 Å². The lowest BCUT2D eigenvalue weighted by Gasteiger charge is -1.97. The highest BCUT2D eigenvalue weighted by atomic mass is 16.5. The lowest BCUT2D eigenvalue weighted by Crippen LogP contribution is -2.05. The predicted octanol–water partition coefficient (Wildman–Crippen LogP) is 1.82. The fourth-order valence-corrected chi connectivity index (χ4v) is 1.50.